The number of allylic oxidation sites excluding steroid dienone is 2. The Kier molecular flexibility index (Phi) is 8.50. The van der Waals surface area contributed by atoms with Crippen molar-refractivity contribution in [2.24, 2.45) is 46.3 Å². The minimum atomic E-state index is -1.05. The summed E-state index contributed by atoms with van der Waals surface area (Å²) in [6, 6.07) is 0. The van der Waals surface area contributed by atoms with Crippen LogP contribution >= 0.6 is 0 Å². The topological polar surface area (TPSA) is 89.9 Å². The molecule has 0 saturated heterocycles. The summed E-state index contributed by atoms with van der Waals surface area (Å²) in [5.74, 6) is 0.749. The second-order valence-electron chi connectivity index (χ2n) is 14.4. The molecule has 0 radical (unpaired) electrons. The minimum Gasteiger partial charge on any atom is -0.463 e. The van der Waals surface area contributed by atoms with Gasteiger partial charge in [0.05, 0.1) is 5.60 Å². The molecule has 39 heavy (non-hydrogen) atoms. The lowest BCUT2D eigenvalue weighted by molar-refractivity contribution is -0.168. The Morgan fingerprint density at radius 1 is 1.05 bits per heavy atom. The van der Waals surface area contributed by atoms with Crippen molar-refractivity contribution in [3.63, 3.8) is 0 Å². The molecule has 0 unspecified atom stereocenters. The molecule has 0 aromatic rings. The zero-order valence-corrected chi connectivity index (χ0v) is 25.5. The first-order valence-corrected chi connectivity index (χ1v) is 15.4. The fraction of sp³-hybridized carbons (Fsp3) is 0.848. The van der Waals surface area contributed by atoms with E-state index in [-0.39, 0.29) is 76.8 Å². The maximum atomic E-state index is 13.3. The third kappa shape index (κ3) is 5.48. The van der Waals surface area contributed by atoms with E-state index in [9.17, 15) is 19.5 Å². The van der Waals surface area contributed by atoms with Gasteiger partial charge in [-0.25, -0.2) is 0 Å². The molecule has 0 spiro atoms. The molecule has 3 fully saturated rings. The van der Waals surface area contributed by atoms with Crippen LogP contribution in [0.1, 0.15) is 113 Å². The van der Waals surface area contributed by atoms with E-state index in [4.69, 9.17) is 9.47 Å². The fourth-order valence-electron chi connectivity index (χ4n) is 9.89. The van der Waals surface area contributed by atoms with Gasteiger partial charge in [0.1, 0.15) is 18.0 Å². The first kappa shape index (κ1) is 30.3. The van der Waals surface area contributed by atoms with Crippen molar-refractivity contribution in [3.05, 3.63) is 11.6 Å². The summed E-state index contributed by atoms with van der Waals surface area (Å²) in [5, 5.41) is 11.9. The molecule has 6 heteroatoms. The minimum absolute atomic E-state index is 0.0128. The van der Waals surface area contributed by atoms with Gasteiger partial charge in [-0.15, -0.1) is 0 Å². The highest BCUT2D eigenvalue weighted by Gasteiger charge is 2.62. The largest absolute Gasteiger partial charge is 0.463 e. The highest BCUT2D eigenvalue weighted by Crippen LogP contribution is 2.67. The van der Waals surface area contributed by atoms with Gasteiger partial charge in [0.25, 0.3) is 0 Å². The van der Waals surface area contributed by atoms with E-state index in [0.717, 1.165) is 44.9 Å². The van der Waals surface area contributed by atoms with Crippen molar-refractivity contribution in [3.8, 4) is 0 Å². The summed E-state index contributed by atoms with van der Waals surface area (Å²) in [7, 11) is 0. The quantitative estimate of drug-likeness (QED) is 0.280. The number of carbonyl (C=O) groups is 3. The van der Waals surface area contributed by atoms with E-state index in [0.29, 0.717) is 12.3 Å². The van der Waals surface area contributed by atoms with Gasteiger partial charge in [-0.05, 0) is 92.8 Å². The fourth-order valence-corrected chi connectivity index (χ4v) is 9.89. The number of esters is 2. The van der Waals surface area contributed by atoms with Crippen molar-refractivity contribution in [2.75, 3.05) is 0 Å². The van der Waals surface area contributed by atoms with Crippen molar-refractivity contribution < 1.29 is 29.0 Å². The zero-order chi connectivity index (χ0) is 28.9. The summed E-state index contributed by atoms with van der Waals surface area (Å²) < 4.78 is 11.6. The smallest absolute Gasteiger partial charge is 0.302 e. The van der Waals surface area contributed by atoms with Crippen LogP contribution in [0.4, 0.5) is 0 Å². The molecule has 0 aromatic heterocycles. The lowest BCUT2D eigenvalue weighted by atomic mass is 9.47. The van der Waals surface area contributed by atoms with Crippen LogP contribution in [0.15, 0.2) is 11.6 Å². The van der Waals surface area contributed by atoms with Crippen LogP contribution in [0.3, 0.4) is 0 Å². The standard InChI is InChI=1S/C33H52O6/c1-9-23(19(2)3)28(36)18-33(8,37)30-11-10-25-24-17-29(39-21(5)35)27-16-22(38-20(4)34)12-14-31(27,6)26(24)13-15-32(25,30)7/h13,19,22-25,27,29-30,37H,9-12,14-18H2,1-8H3/t22-,23-,24-,25-,27+,29-,30-,31+,32-,33-/m0/s1. The van der Waals surface area contributed by atoms with Crippen molar-refractivity contribution >= 4 is 17.7 Å². The maximum Gasteiger partial charge on any atom is 0.302 e. The Morgan fingerprint density at radius 3 is 2.31 bits per heavy atom. The second-order valence-corrected chi connectivity index (χ2v) is 14.4. The molecule has 0 heterocycles. The predicted octanol–water partition coefficient (Wildman–Crippen LogP) is 6.43. The highest BCUT2D eigenvalue weighted by molar-refractivity contribution is 5.82. The number of rotatable bonds is 8. The summed E-state index contributed by atoms with van der Waals surface area (Å²) in [6.45, 7) is 15.8. The normalized spacial score (nSPS) is 39.9. The van der Waals surface area contributed by atoms with E-state index in [2.05, 4.69) is 40.7 Å². The van der Waals surface area contributed by atoms with Crippen molar-refractivity contribution in [1.82, 2.24) is 0 Å². The van der Waals surface area contributed by atoms with Crippen LogP contribution in [0.2, 0.25) is 0 Å². The molecule has 220 valence electrons. The van der Waals surface area contributed by atoms with E-state index in [1.54, 1.807) is 0 Å². The molecule has 6 nitrogen and oxygen atoms in total. The molecule has 4 aliphatic carbocycles. The molecule has 0 amide bonds. The predicted molar refractivity (Wildman–Crippen MR) is 151 cm³/mol. The van der Waals surface area contributed by atoms with Crippen LogP contribution in [-0.4, -0.2) is 40.6 Å². The number of carbonyl (C=O) groups excluding carboxylic acids is 3. The van der Waals surface area contributed by atoms with Gasteiger partial charge in [0, 0.05) is 32.1 Å². The molecule has 4 aliphatic rings. The molecule has 0 aromatic carbocycles. The Balaban J connectivity index is 1.62. The van der Waals surface area contributed by atoms with Crippen LogP contribution in [-0.2, 0) is 23.9 Å². The number of ether oxygens (including phenoxy) is 2. The SMILES string of the molecule is CC[C@H](C(=O)C[C@](C)(O)[C@H]1CC[C@H]2[C@@H]3C[C@H](OC(C)=O)[C@H]4C[C@@H](OC(C)=O)CC[C@]4(C)C3=CC[C@@]21C)C(C)C. The Hall–Kier alpha value is -1.69. The van der Waals surface area contributed by atoms with Crippen LogP contribution < -0.4 is 0 Å². The highest BCUT2D eigenvalue weighted by atomic mass is 16.5. The maximum absolute atomic E-state index is 13.3. The number of fused-ring (bicyclic) bond motifs is 5. The molecular formula is C33H52O6. The monoisotopic (exact) mass is 544 g/mol. The summed E-state index contributed by atoms with van der Waals surface area (Å²) >= 11 is 0. The molecule has 1 N–H and O–H groups in total. The van der Waals surface area contributed by atoms with Gasteiger partial charge in [0.2, 0.25) is 0 Å². The van der Waals surface area contributed by atoms with Gasteiger partial charge in [0.15, 0.2) is 0 Å². The Labute approximate surface area is 235 Å². The second kappa shape index (κ2) is 10.9. The Bertz CT molecular complexity index is 996. The van der Waals surface area contributed by atoms with Gasteiger partial charge < -0.3 is 14.6 Å². The van der Waals surface area contributed by atoms with E-state index >= 15 is 0 Å². The van der Waals surface area contributed by atoms with Crippen LogP contribution in [0, 0.1) is 46.3 Å². The van der Waals surface area contributed by atoms with E-state index in [1.165, 1.54) is 19.4 Å². The Morgan fingerprint density at radius 2 is 1.72 bits per heavy atom. The molecule has 0 aliphatic heterocycles. The van der Waals surface area contributed by atoms with Gasteiger partial charge in [-0.1, -0.05) is 46.3 Å². The zero-order valence-electron chi connectivity index (χ0n) is 25.5. The lowest BCUT2D eigenvalue weighted by Gasteiger charge is -2.59. The molecular weight excluding hydrogens is 492 g/mol. The van der Waals surface area contributed by atoms with Crippen molar-refractivity contribution in [1.29, 1.82) is 0 Å². The molecule has 3 saturated carbocycles. The number of aliphatic hydroxyl groups is 1. The first-order valence-electron chi connectivity index (χ1n) is 15.4. The number of ketones is 1. The lowest BCUT2D eigenvalue weighted by Crippen LogP contribution is -2.56. The molecule has 4 rings (SSSR count). The van der Waals surface area contributed by atoms with Gasteiger partial charge >= 0.3 is 11.9 Å². The molecule has 10 atom stereocenters. The average Bonchev–Trinajstić information content (AvgIpc) is 3.17. The summed E-state index contributed by atoms with van der Waals surface area (Å²) in [6.07, 6.45) is 9.15. The number of hydrogen-bond donors (Lipinski definition) is 1. The van der Waals surface area contributed by atoms with Gasteiger partial charge in [-0.3, -0.25) is 14.4 Å². The van der Waals surface area contributed by atoms with Crippen LogP contribution in [0.25, 0.3) is 0 Å². The third-order valence-electron chi connectivity index (χ3n) is 11.6. The van der Waals surface area contributed by atoms with E-state index < -0.39 is 5.60 Å². The third-order valence-corrected chi connectivity index (χ3v) is 11.6. The summed E-state index contributed by atoms with van der Waals surface area (Å²) in [5.41, 5.74) is 0.216. The molecule has 0 bridgehead atoms. The van der Waals surface area contributed by atoms with Gasteiger partial charge in [-0.2, -0.15) is 0 Å². The average molecular weight is 545 g/mol. The van der Waals surface area contributed by atoms with Crippen molar-refractivity contribution in [2.45, 2.75) is 131 Å². The van der Waals surface area contributed by atoms with Crippen LogP contribution in [0.5, 0.6) is 0 Å². The number of hydrogen-bond acceptors (Lipinski definition) is 6. The summed E-state index contributed by atoms with van der Waals surface area (Å²) in [4.78, 5) is 37.2. The first-order chi connectivity index (χ1) is 18.1. The van der Waals surface area contributed by atoms with E-state index in [1.807, 2.05) is 6.92 Å². The number of Topliss-reactive ketones (excluding diaryl/α,β-unsaturated/α-hetero) is 1.